The van der Waals surface area contributed by atoms with Gasteiger partial charge < -0.3 is 9.57 Å². The lowest BCUT2D eigenvalue weighted by Gasteiger charge is -2.15. The van der Waals surface area contributed by atoms with E-state index in [9.17, 15) is 13.2 Å². The largest absolute Gasteiger partial charge is 0.426 e. The topological polar surface area (TPSA) is 94.1 Å². The summed E-state index contributed by atoms with van der Waals surface area (Å²) in [5, 5.41) is 4.34. The van der Waals surface area contributed by atoms with E-state index >= 15 is 0 Å². The van der Waals surface area contributed by atoms with Crippen molar-refractivity contribution in [2.45, 2.75) is 4.90 Å². The Kier molecular flexibility index (Phi) is 5.25. The van der Waals surface area contributed by atoms with Crippen molar-refractivity contribution in [2.24, 2.45) is 5.16 Å². The smallest absolute Gasteiger partial charge is 0.410 e. The molecule has 2 aromatic carbocycles. The summed E-state index contributed by atoms with van der Waals surface area (Å²) in [5.74, 6) is 0.903. The van der Waals surface area contributed by atoms with E-state index in [-0.39, 0.29) is 10.6 Å². The minimum Gasteiger partial charge on any atom is -0.410 e. The van der Waals surface area contributed by atoms with Crippen molar-refractivity contribution in [3.63, 3.8) is 0 Å². The van der Waals surface area contributed by atoms with Gasteiger partial charge in [0.25, 0.3) is 10.0 Å². The van der Waals surface area contributed by atoms with Crippen LogP contribution in [0.1, 0.15) is 5.56 Å². The molecular formula is C16H14N2O5S2. The van der Waals surface area contributed by atoms with Crippen molar-refractivity contribution < 1.29 is 22.8 Å². The predicted molar refractivity (Wildman–Crippen MR) is 94.2 cm³/mol. The van der Waals surface area contributed by atoms with Gasteiger partial charge in [-0.1, -0.05) is 53.3 Å². The van der Waals surface area contributed by atoms with Crippen molar-refractivity contribution in [3.05, 3.63) is 60.2 Å². The Morgan fingerprint density at radius 2 is 1.84 bits per heavy atom. The average molecular weight is 378 g/mol. The Labute approximate surface area is 149 Å². The molecule has 7 nitrogen and oxygen atoms in total. The molecule has 0 radical (unpaired) electrons. The lowest BCUT2D eigenvalue weighted by atomic mass is 10.2. The van der Waals surface area contributed by atoms with Crippen LogP contribution in [0.5, 0.6) is 5.75 Å². The van der Waals surface area contributed by atoms with Crippen LogP contribution < -0.4 is 9.46 Å². The predicted octanol–water partition coefficient (Wildman–Crippen LogP) is 2.59. The molecule has 2 aromatic rings. The van der Waals surface area contributed by atoms with E-state index in [1.807, 2.05) is 4.72 Å². The highest BCUT2D eigenvalue weighted by Crippen LogP contribution is 2.24. The zero-order chi connectivity index (χ0) is 17.7. The number of hydrogen-bond acceptors (Lipinski definition) is 7. The first-order valence-corrected chi connectivity index (χ1v) is 9.75. The lowest BCUT2D eigenvalue weighted by Crippen LogP contribution is -2.34. The number of sulfonamides is 1. The van der Waals surface area contributed by atoms with Gasteiger partial charge in [0.2, 0.25) is 0 Å². The normalized spacial score (nSPS) is 14.2. The Morgan fingerprint density at radius 3 is 2.56 bits per heavy atom. The number of benzene rings is 2. The number of amides is 1. The summed E-state index contributed by atoms with van der Waals surface area (Å²) in [4.78, 5) is 16.9. The molecule has 0 aliphatic carbocycles. The molecule has 3 rings (SSSR count). The number of ether oxygens (including phenoxy) is 1. The molecule has 1 N–H and O–H groups in total. The van der Waals surface area contributed by atoms with Crippen LogP contribution in [0.15, 0.2) is 64.6 Å². The SMILES string of the molecule is O=C(NS(=O)(=O)c1ccccc1C1=NOCCS1)Oc1ccccc1. The van der Waals surface area contributed by atoms with Gasteiger partial charge in [0.15, 0.2) is 0 Å². The summed E-state index contributed by atoms with van der Waals surface area (Å²) in [6.07, 6.45) is -1.09. The minimum absolute atomic E-state index is 0.0724. The highest BCUT2D eigenvalue weighted by atomic mass is 32.2. The van der Waals surface area contributed by atoms with Crippen LogP contribution in [0.2, 0.25) is 0 Å². The molecule has 0 spiro atoms. The summed E-state index contributed by atoms with van der Waals surface area (Å²) in [6.45, 7) is 0.463. The second-order valence-electron chi connectivity index (χ2n) is 4.88. The molecule has 0 atom stereocenters. The number of oxime groups is 1. The Bertz CT molecular complexity index is 898. The van der Waals surface area contributed by atoms with E-state index in [0.717, 1.165) is 0 Å². The number of carbonyl (C=O) groups excluding carboxylic acids is 1. The van der Waals surface area contributed by atoms with Crippen molar-refractivity contribution in [1.82, 2.24) is 4.72 Å². The summed E-state index contributed by atoms with van der Waals surface area (Å²) < 4.78 is 32.0. The molecule has 9 heteroatoms. The van der Waals surface area contributed by atoms with Crippen LogP contribution in [-0.4, -0.2) is 31.9 Å². The van der Waals surface area contributed by atoms with Gasteiger partial charge in [-0.25, -0.2) is 17.9 Å². The average Bonchev–Trinajstić information content (AvgIpc) is 2.63. The molecule has 1 aliphatic heterocycles. The minimum atomic E-state index is -4.13. The number of thioether (sulfide) groups is 1. The third-order valence-corrected chi connectivity index (χ3v) is 5.45. The second kappa shape index (κ2) is 7.58. The van der Waals surface area contributed by atoms with Crippen LogP contribution in [0.3, 0.4) is 0 Å². The molecule has 1 amide bonds. The van der Waals surface area contributed by atoms with E-state index in [2.05, 4.69) is 5.16 Å². The molecule has 0 fully saturated rings. The van der Waals surface area contributed by atoms with Gasteiger partial charge in [-0.05, 0) is 18.2 Å². The maximum absolute atomic E-state index is 12.6. The van der Waals surface area contributed by atoms with E-state index in [1.54, 1.807) is 48.5 Å². The maximum atomic E-state index is 12.6. The van der Waals surface area contributed by atoms with Gasteiger partial charge in [0, 0.05) is 11.3 Å². The van der Waals surface area contributed by atoms with Crippen LogP contribution in [0, 0.1) is 0 Å². The standard InChI is InChI=1S/C16H14N2O5S2/c19-16(23-12-6-2-1-3-7-12)18-25(20,21)14-9-5-4-8-13(14)15-17-22-10-11-24-15/h1-9H,10-11H2,(H,18,19). The fourth-order valence-corrected chi connectivity index (χ4v) is 4.03. The molecule has 0 unspecified atom stereocenters. The van der Waals surface area contributed by atoms with Gasteiger partial charge in [0.05, 0.1) is 4.90 Å². The highest BCUT2D eigenvalue weighted by molar-refractivity contribution is 8.14. The second-order valence-corrected chi connectivity index (χ2v) is 7.62. The first kappa shape index (κ1) is 17.3. The third-order valence-electron chi connectivity index (χ3n) is 3.14. The molecule has 0 bridgehead atoms. The molecule has 130 valence electrons. The van der Waals surface area contributed by atoms with Crippen molar-refractivity contribution in [2.75, 3.05) is 12.4 Å². The zero-order valence-corrected chi connectivity index (χ0v) is 14.5. The molecule has 1 heterocycles. The van der Waals surface area contributed by atoms with Crippen molar-refractivity contribution in [3.8, 4) is 5.75 Å². The maximum Gasteiger partial charge on any atom is 0.426 e. The first-order valence-electron chi connectivity index (χ1n) is 7.28. The first-order chi connectivity index (χ1) is 12.1. The van der Waals surface area contributed by atoms with Crippen LogP contribution in [0.25, 0.3) is 0 Å². The van der Waals surface area contributed by atoms with Gasteiger partial charge >= 0.3 is 6.09 Å². The summed E-state index contributed by atoms with van der Waals surface area (Å²) in [6, 6.07) is 14.4. The van der Waals surface area contributed by atoms with Crippen LogP contribution in [-0.2, 0) is 14.9 Å². The Morgan fingerprint density at radius 1 is 1.12 bits per heavy atom. The summed E-state index contributed by atoms with van der Waals surface area (Å²) in [5.41, 5.74) is 0.368. The van der Waals surface area contributed by atoms with Crippen LogP contribution in [0.4, 0.5) is 4.79 Å². The fourth-order valence-electron chi connectivity index (χ4n) is 2.09. The Balaban J connectivity index is 1.83. The fraction of sp³-hybridized carbons (Fsp3) is 0.125. The number of hydrogen-bond donors (Lipinski definition) is 1. The van der Waals surface area contributed by atoms with Gasteiger partial charge in [-0.2, -0.15) is 0 Å². The number of rotatable bonds is 4. The van der Waals surface area contributed by atoms with Crippen molar-refractivity contribution in [1.29, 1.82) is 0 Å². The van der Waals surface area contributed by atoms with Crippen LogP contribution >= 0.6 is 11.8 Å². The highest BCUT2D eigenvalue weighted by Gasteiger charge is 2.25. The summed E-state index contributed by atoms with van der Waals surface area (Å²) >= 11 is 1.38. The van der Waals surface area contributed by atoms with E-state index in [1.165, 1.54) is 17.8 Å². The number of nitrogens with one attached hydrogen (secondary N) is 1. The quantitative estimate of drug-likeness (QED) is 0.879. The number of para-hydroxylation sites is 1. The van der Waals surface area contributed by atoms with E-state index < -0.39 is 16.1 Å². The number of carbonyl (C=O) groups is 1. The zero-order valence-electron chi connectivity index (χ0n) is 12.9. The lowest BCUT2D eigenvalue weighted by molar-refractivity contribution is 0.160. The third kappa shape index (κ3) is 4.31. The Hall–Kier alpha value is -2.52. The van der Waals surface area contributed by atoms with Gasteiger partial charge in [-0.15, -0.1) is 0 Å². The molecule has 25 heavy (non-hydrogen) atoms. The molecule has 0 saturated heterocycles. The van der Waals surface area contributed by atoms with E-state index in [4.69, 9.17) is 9.57 Å². The number of nitrogens with zero attached hydrogens (tertiary/aromatic N) is 1. The van der Waals surface area contributed by atoms with Crippen molar-refractivity contribution >= 4 is 32.9 Å². The van der Waals surface area contributed by atoms with Gasteiger partial charge in [0.1, 0.15) is 17.4 Å². The van der Waals surface area contributed by atoms with Gasteiger partial charge in [-0.3, -0.25) is 0 Å². The monoisotopic (exact) mass is 378 g/mol. The van der Waals surface area contributed by atoms with E-state index in [0.29, 0.717) is 23.0 Å². The summed E-state index contributed by atoms with van der Waals surface area (Å²) in [7, 11) is -4.13. The molecule has 0 aromatic heterocycles. The molecule has 1 aliphatic rings. The molecular weight excluding hydrogens is 364 g/mol. The molecule has 0 saturated carbocycles.